The fourth-order valence-corrected chi connectivity index (χ4v) is 3.60. The highest BCUT2D eigenvalue weighted by Gasteiger charge is 2.17. The molecule has 0 aliphatic heterocycles. The van der Waals surface area contributed by atoms with Gasteiger partial charge in [0.15, 0.2) is 0 Å². The van der Waals surface area contributed by atoms with Crippen molar-refractivity contribution in [3.8, 4) is 11.1 Å². The molecule has 0 aliphatic rings. The molecule has 0 aliphatic carbocycles. The molecule has 3 aromatic heterocycles. The van der Waals surface area contributed by atoms with Gasteiger partial charge in [0.2, 0.25) is 5.91 Å². The fraction of sp³-hybridized carbons (Fsp3) is 0.105. The standard InChI is InChI=1S/C19H15FN4O3S/c20-14-6-2-1-5-12(14)13-9-22-17-16(13)23-19(27)24(18(17)26)10-15(25)21-8-11-4-3-7-28-11/h1-7,9,22H,8,10H2,(H,21,25)(H,23,27). The first-order valence-corrected chi connectivity index (χ1v) is 9.30. The Morgan fingerprint density at radius 1 is 1.11 bits per heavy atom. The summed E-state index contributed by atoms with van der Waals surface area (Å²) < 4.78 is 14.9. The van der Waals surface area contributed by atoms with Crippen molar-refractivity contribution < 1.29 is 9.18 Å². The molecule has 0 bridgehead atoms. The summed E-state index contributed by atoms with van der Waals surface area (Å²) in [6.07, 6.45) is 1.46. The lowest BCUT2D eigenvalue weighted by Crippen LogP contribution is -2.40. The molecule has 0 spiro atoms. The summed E-state index contributed by atoms with van der Waals surface area (Å²) in [7, 11) is 0. The molecule has 7 nitrogen and oxygen atoms in total. The van der Waals surface area contributed by atoms with Crippen molar-refractivity contribution >= 4 is 28.3 Å². The van der Waals surface area contributed by atoms with Crippen LogP contribution in [0.25, 0.3) is 22.2 Å². The summed E-state index contributed by atoms with van der Waals surface area (Å²) in [5.74, 6) is -0.928. The van der Waals surface area contributed by atoms with Crippen molar-refractivity contribution in [2.75, 3.05) is 0 Å². The molecule has 0 unspecified atom stereocenters. The maximum atomic E-state index is 14.1. The van der Waals surface area contributed by atoms with Gasteiger partial charge in [-0.15, -0.1) is 11.3 Å². The van der Waals surface area contributed by atoms with Crippen LogP contribution < -0.4 is 16.6 Å². The molecule has 3 N–H and O–H groups in total. The lowest BCUT2D eigenvalue weighted by molar-refractivity contribution is -0.121. The second-order valence-corrected chi connectivity index (χ2v) is 7.14. The maximum absolute atomic E-state index is 14.1. The zero-order valence-corrected chi connectivity index (χ0v) is 15.3. The van der Waals surface area contributed by atoms with Crippen molar-refractivity contribution in [2.24, 2.45) is 0 Å². The van der Waals surface area contributed by atoms with Crippen LogP contribution in [0, 0.1) is 5.82 Å². The minimum atomic E-state index is -0.735. The number of thiophene rings is 1. The van der Waals surface area contributed by atoms with Crippen LogP contribution in [0.15, 0.2) is 57.6 Å². The first-order chi connectivity index (χ1) is 13.5. The number of benzene rings is 1. The number of hydrogen-bond acceptors (Lipinski definition) is 4. The van der Waals surface area contributed by atoms with Gasteiger partial charge in [-0.05, 0) is 17.5 Å². The number of nitrogens with zero attached hydrogens (tertiary/aromatic N) is 1. The SMILES string of the molecule is O=C(Cn1c(=O)[nH]c2c(-c3ccccc3F)c[nH]c2c1=O)NCc1cccs1. The molecule has 0 fully saturated rings. The summed E-state index contributed by atoms with van der Waals surface area (Å²) in [6.45, 7) is -0.0884. The normalized spacial score (nSPS) is 11.0. The molecule has 1 amide bonds. The number of carbonyl (C=O) groups excluding carboxylic acids is 1. The van der Waals surface area contributed by atoms with Gasteiger partial charge in [-0.2, -0.15) is 0 Å². The summed E-state index contributed by atoms with van der Waals surface area (Å²) in [5.41, 5.74) is -0.445. The van der Waals surface area contributed by atoms with E-state index in [4.69, 9.17) is 0 Å². The Morgan fingerprint density at radius 3 is 2.68 bits per heavy atom. The summed E-state index contributed by atoms with van der Waals surface area (Å²) in [5, 5.41) is 4.57. The quantitative estimate of drug-likeness (QED) is 0.481. The highest BCUT2D eigenvalue weighted by Crippen LogP contribution is 2.27. The van der Waals surface area contributed by atoms with Gasteiger partial charge in [0.05, 0.1) is 12.1 Å². The van der Waals surface area contributed by atoms with Crippen molar-refractivity contribution in [1.29, 1.82) is 0 Å². The third-order valence-corrected chi connectivity index (χ3v) is 5.20. The Morgan fingerprint density at radius 2 is 1.93 bits per heavy atom. The number of rotatable bonds is 5. The number of halogens is 1. The van der Waals surface area contributed by atoms with Gasteiger partial charge in [-0.3, -0.25) is 9.59 Å². The minimum Gasteiger partial charge on any atom is -0.355 e. The fourth-order valence-electron chi connectivity index (χ4n) is 2.96. The lowest BCUT2D eigenvalue weighted by Gasteiger charge is -2.07. The van der Waals surface area contributed by atoms with Gasteiger partial charge < -0.3 is 15.3 Å². The second-order valence-electron chi connectivity index (χ2n) is 6.11. The number of carbonyl (C=O) groups is 1. The molecule has 0 saturated carbocycles. The van der Waals surface area contributed by atoms with Gasteiger partial charge in [0, 0.05) is 22.2 Å². The molecule has 4 aromatic rings. The molecule has 0 atom stereocenters. The molecule has 142 valence electrons. The topological polar surface area (TPSA) is 99.8 Å². The minimum absolute atomic E-state index is 0.101. The van der Waals surface area contributed by atoms with Crippen LogP contribution in [0.1, 0.15) is 4.88 Å². The number of aromatic nitrogens is 3. The van der Waals surface area contributed by atoms with Gasteiger partial charge >= 0.3 is 5.69 Å². The van der Waals surface area contributed by atoms with Crippen LogP contribution in [-0.2, 0) is 17.9 Å². The summed E-state index contributed by atoms with van der Waals surface area (Å²) >= 11 is 1.49. The zero-order valence-electron chi connectivity index (χ0n) is 14.5. The number of hydrogen-bond donors (Lipinski definition) is 3. The van der Waals surface area contributed by atoms with Crippen molar-refractivity contribution in [3.63, 3.8) is 0 Å². The van der Waals surface area contributed by atoms with Crippen LogP contribution in [0.3, 0.4) is 0 Å². The highest BCUT2D eigenvalue weighted by molar-refractivity contribution is 7.09. The number of aromatic amines is 2. The number of fused-ring (bicyclic) bond motifs is 1. The molecular formula is C19H15FN4O3S. The molecular weight excluding hydrogens is 383 g/mol. The van der Waals surface area contributed by atoms with E-state index in [1.165, 1.54) is 23.6 Å². The van der Waals surface area contributed by atoms with Gasteiger partial charge in [-0.25, -0.2) is 13.8 Å². The molecule has 4 rings (SSSR count). The van der Waals surface area contributed by atoms with Crippen molar-refractivity contribution in [3.05, 3.63) is 79.5 Å². The zero-order chi connectivity index (χ0) is 19.7. The number of H-pyrrole nitrogens is 2. The van der Waals surface area contributed by atoms with E-state index in [1.807, 2.05) is 17.5 Å². The van der Waals surface area contributed by atoms with Crippen LogP contribution in [0.5, 0.6) is 0 Å². The van der Waals surface area contributed by atoms with E-state index in [0.717, 1.165) is 9.44 Å². The van der Waals surface area contributed by atoms with Crippen LogP contribution in [0.4, 0.5) is 4.39 Å². The largest absolute Gasteiger partial charge is 0.355 e. The van der Waals surface area contributed by atoms with E-state index in [9.17, 15) is 18.8 Å². The van der Waals surface area contributed by atoms with Gasteiger partial charge in [0.25, 0.3) is 5.56 Å². The third kappa shape index (κ3) is 3.27. The first kappa shape index (κ1) is 17.9. The van der Waals surface area contributed by atoms with Crippen molar-refractivity contribution in [1.82, 2.24) is 19.9 Å². The van der Waals surface area contributed by atoms with Crippen LogP contribution in [0.2, 0.25) is 0 Å². The van der Waals surface area contributed by atoms with E-state index in [2.05, 4.69) is 15.3 Å². The molecule has 28 heavy (non-hydrogen) atoms. The molecule has 1 aromatic carbocycles. The van der Waals surface area contributed by atoms with E-state index < -0.39 is 29.5 Å². The van der Waals surface area contributed by atoms with Gasteiger partial charge in [-0.1, -0.05) is 24.3 Å². The number of nitrogens with one attached hydrogen (secondary N) is 3. The summed E-state index contributed by atoms with van der Waals surface area (Å²) in [6, 6.07) is 9.81. The van der Waals surface area contributed by atoms with Crippen LogP contribution >= 0.6 is 11.3 Å². The highest BCUT2D eigenvalue weighted by atomic mass is 32.1. The van der Waals surface area contributed by atoms with E-state index >= 15 is 0 Å². The maximum Gasteiger partial charge on any atom is 0.329 e. The predicted octanol–water partition coefficient (Wildman–Crippen LogP) is 2.20. The van der Waals surface area contributed by atoms with Gasteiger partial charge in [0.1, 0.15) is 17.9 Å². The summed E-state index contributed by atoms with van der Waals surface area (Å²) in [4.78, 5) is 43.6. The smallest absolute Gasteiger partial charge is 0.329 e. The second kappa shape index (κ2) is 7.28. The average Bonchev–Trinajstić information content (AvgIpc) is 3.34. The monoisotopic (exact) mass is 398 g/mol. The third-order valence-electron chi connectivity index (χ3n) is 4.32. The predicted molar refractivity (Wildman–Crippen MR) is 105 cm³/mol. The first-order valence-electron chi connectivity index (χ1n) is 8.43. The Bertz CT molecular complexity index is 1270. The number of amides is 1. The Labute approximate surface area is 161 Å². The Kier molecular flexibility index (Phi) is 4.66. The van der Waals surface area contributed by atoms with E-state index in [0.29, 0.717) is 12.1 Å². The van der Waals surface area contributed by atoms with E-state index in [-0.39, 0.29) is 16.6 Å². The van der Waals surface area contributed by atoms with Crippen molar-refractivity contribution in [2.45, 2.75) is 13.1 Å². The molecule has 0 saturated heterocycles. The van der Waals surface area contributed by atoms with Crippen LogP contribution in [-0.4, -0.2) is 20.4 Å². The molecule has 9 heteroatoms. The molecule has 3 heterocycles. The Balaban J connectivity index is 1.66. The average molecular weight is 398 g/mol. The molecule has 0 radical (unpaired) electrons. The lowest BCUT2D eigenvalue weighted by atomic mass is 10.1. The van der Waals surface area contributed by atoms with E-state index in [1.54, 1.807) is 18.2 Å². The Hall–Kier alpha value is -3.46.